The fourth-order valence-electron chi connectivity index (χ4n) is 1.83. The Morgan fingerprint density at radius 2 is 2.25 bits per heavy atom. The normalized spacial score (nSPS) is 13.0. The SMILES string of the molecule is CC(C)(C)C(CCO)NC(=O)CSCc1cccnc1. The zero-order chi connectivity index (χ0) is 15.0. The standard InChI is InChI=1S/C15H24N2O2S/c1-15(2,3)13(6-8-18)17-14(19)11-20-10-12-5-4-7-16-9-12/h4-5,7,9,13,18H,6,8,10-11H2,1-3H3,(H,17,19). The van der Waals surface area contributed by atoms with Gasteiger partial charge in [-0.1, -0.05) is 26.8 Å². The van der Waals surface area contributed by atoms with E-state index in [0.717, 1.165) is 11.3 Å². The number of nitrogens with zero attached hydrogens (tertiary/aromatic N) is 1. The molecule has 0 saturated carbocycles. The van der Waals surface area contributed by atoms with Crippen LogP contribution < -0.4 is 5.32 Å². The molecule has 0 aliphatic rings. The van der Waals surface area contributed by atoms with E-state index >= 15 is 0 Å². The minimum Gasteiger partial charge on any atom is -0.396 e. The van der Waals surface area contributed by atoms with Crippen LogP contribution in [0.1, 0.15) is 32.8 Å². The third kappa shape index (κ3) is 6.39. The van der Waals surface area contributed by atoms with Gasteiger partial charge in [0.15, 0.2) is 0 Å². The van der Waals surface area contributed by atoms with Crippen LogP contribution in [0.3, 0.4) is 0 Å². The van der Waals surface area contributed by atoms with E-state index in [4.69, 9.17) is 5.11 Å². The van der Waals surface area contributed by atoms with E-state index in [-0.39, 0.29) is 24.0 Å². The molecule has 5 heteroatoms. The molecule has 0 spiro atoms. The van der Waals surface area contributed by atoms with Gasteiger partial charge in [-0.25, -0.2) is 0 Å². The van der Waals surface area contributed by atoms with E-state index in [2.05, 4.69) is 31.1 Å². The summed E-state index contributed by atoms with van der Waals surface area (Å²) in [5, 5.41) is 12.1. The smallest absolute Gasteiger partial charge is 0.230 e. The van der Waals surface area contributed by atoms with E-state index in [1.54, 1.807) is 18.0 Å². The molecule has 112 valence electrons. The number of carbonyl (C=O) groups excluding carboxylic acids is 1. The fraction of sp³-hybridized carbons (Fsp3) is 0.600. The van der Waals surface area contributed by atoms with Crippen LogP contribution in [0.2, 0.25) is 0 Å². The second-order valence-electron chi connectivity index (χ2n) is 5.85. The van der Waals surface area contributed by atoms with Crippen molar-refractivity contribution < 1.29 is 9.90 Å². The largest absolute Gasteiger partial charge is 0.396 e. The Bertz CT molecular complexity index is 404. The number of hydrogen-bond acceptors (Lipinski definition) is 4. The Morgan fingerprint density at radius 3 is 2.80 bits per heavy atom. The summed E-state index contributed by atoms with van der Waals surface area (Å²) in [6.07, 6.45) is 4.14. The van der Waals surface area contributed by atoms with E-state index < -0.39 is 0 Å². The third-order valence-electron chi connectivity index (χ3n) is 3.02. The number of aliphatic hydroxyl groups is 1. The van der Waals surface area contributed by atoms with Crippen molar-refractivity contribution in [1.82, 2.24) is 10.3 Å². The Kier molecular flexibility index (Phi) is 7.02. The van der Waals surface area contributed by atoms with Gasteiger partial charge in [0.2, 0.25) is 5.91 Å². The van der Waals surface area contributed by atoms with Crippen LogP contribution >= 0.6 is 11.8 Å². The minimum atomic E-state index is -0.0492. The van der Waals surface area contributed by atoms with Gasteiger partial charge in [0.1, 0.15) is 0 Å². The zero-order valence-corrected chi connectivity index (χ0v) is 13.2. The number of pyridine rings is 1. The molecule has 0 saturated heterocycles. The fourth-order valence-corrected chi connectivity index (χ4v) is 2.61. The lowest BCUT2D eigenvalue weighted by atomic mass is 9.85. The first kappa shape index (κ1) is 17.0. The van der Waals surface area contributed by atoms with Crippen molar-refractivity contribution in [2.24, 2.45) is 5.41 Å². The predicted molar refractivity (Wildman–Crippen MR) is 83.5 cm³/mol. The van der Waals surface area contributed by atoms with Crippen LogP contribution in [-0.4, -0.2) is 34.4 Å². The van der Waals surface area contributed by atoms with Crippen molar-refractivity contribution in [1.29, 1.82) is 0 Å². The lowest BCUT2D eigenvalue weighted by molar-refractivity contribution is -0.120. The van der Waals surface area contributed by atoms with Crippen molar-refractivity contribution in [3.8, 4) is 0 Å². The molecule has 1 aromatic rings. The molecular weight excluding hydrogens is 272 g/mol. The van der Waals surface area contributed by atoms with Gasteiger partial charge >= 0.3 is 0 Å². The highest BCUT2D eigenvalue weighted by atomic mass is 32.2. The van der Waals surface area contributed by atoms with Crippen LogP contribution in [0.4, 0.5) is 0 Å². The van der Waals surface area contributed by atoms with Gasteiger partial charge in [-0.3, -0.25) is 9.78 Å². The number of rotatable bonds is 7. The van der Waals surface area contributed by atoms with Crippen LogP contribution in [0.15, 0.2) is 24.5 Å². The highest BCUT2D eigenvalue weighted by Gasteiger charge is 2.25. The summed E-state index contributed by atoms with van der Waals surface area (Å²) in [6, 6.07) is 3.90. The molecular formula is C15H24N2O2S. The number of hydrogen-bond donors (Lipinski definition) is 2. The van der Waals surface area contributed by atoms with Gasteiger partial charge in [0, 0.05) is 30.8 Å². The Hall–Kier alpha value is -1.07. The molecule has 4 nitrogen and oxygen atoms in total. The summed E-state index contributed by atoms with van der Waals surface area (Å²) < 4.78 is 0. The Morgan fingerprint density at radius 1 is 1.50 bits per heavy atom. The maximum atomic E-state index is 11.9. The molecule has 0 aliphatic carbocycles. The molecule has 1 amide bonds. The first-order valence-corrected chi connectivity index (χ1v) is 7.96. The molecule has 1 heterocycles. The minimum absolute atomic E-state index is 0.000933. The highest BCUT2D eigenvalue weighted by Crippen LogP contribution is 2.21. The number of thioether (sulfide) groups is 1. The molecule has 0 fully saturated rings. The van der Waals surface area contributed by atoms with Crippen LogP contribution in [0, 0.1) is 5.41 Å². The van der Waals surface area contributed by atoms with Crippen molar-refractivity contribution in [2.45, 2.75) is 39.0 Å². The average Bonchev–Trinajstić information content (AvgIpc) is 2.38. The summed E-state index contributed by atoms with van der Waals surface area (Å²) in [7, 11) is 0. The molecule has 2 N–H and O–H groups in total. The lowest BCUT2D eigenvalue weighted by Gasteiger charge is -2.31. The quantitative estimate of drug-likeness (QED) is 0.810. The molecule has 1 rings (SSSR count). The molecule has 1 atom stereocenters. The van der Waals surface area contributed by atoms with E-state index in [1.807, 2.05) is 18.3 Å². The van der Waals surface area contributed by atoms with Gasteiger partial charge in [0.05, 0.1) is 5.75 Å². The number of aliphatic hydroxyl groups excluding tert-OH is 1. The van der Waals surface area contributed by atoms with E-state index in [1.165, 1.54) is 0 Å². The molecule has 1 aromatic heterocycles. The van der Waals surface area contributed by atoms with Gasteiger partial charge in [-0.2, -0.15) is 0 Å². The predicted octanol–water partition coefficient (Wildman–Crippen LogP) is 2.23. The first-order chi connectivity index (χ1) is 9.43. The molecule has 20 heavy (non-hydrogen) atoms. The van der Waals surface area contributed by atoms with Gasteiger partial charge < -0.3 is 10.4 Å². The van der Waals surface area contributed by atoms with Crippen molar-refractivity contribution in [3.63, 3.8) is 0 Å². The van der Waals surface area contributed by atoms with Crippen LogP contribution in [0.5, 0.6) is 0 Å². The summed E-state index contributed by atoms with van der Waals surface area (Å²) in [5.41, 5.74) is 1.07. The van der Waals surface area contributed by atoms with Gasteiger partial charge in [-0.15, -0.1) is 11.8 Å². The van der Waals surface area contributed by atoms with Crippen LogP contribution in [-0.2, 0) is 10.5 Å². The van der Waals surface area contributed by atoms with Crippen LogP contribution in [0.25, 0.3) is 0 Å². The number of amides is 1. The highest BCUT2D eigenvalue weighted by molar-refractivity contribution is 7.99. The van der Waals surface area contributed by atoms with Crippen molar-refractivity contribution in [2.75, 3.05) is 12.4 Å². The van der Waals surface area contributed by atoms with Crippen molar-refractivity contribution >= 4 is 17.7 Å². The van der Waals surface area contributed by atoms with Gasteiger partial charge in [0.25, 0.3) is 0 Å². The Labute approximate surface area is 125 Å². The molecule has 1 unspecified atom stereocenters. The summed E-state index contributed by atoms with van der Waals surface area (Å²) in [5.74, 6) is 1.22. The van der Waals surface area contributed by atoms with Crippen molar-refractivity contribution in [3.05, 3.63) is 30.1 Å². The lowest BCUT2D eigenvalue weighted by Crippen LogP contribution is -2.45. The van der Waals surface area contributed by atoms with E-state index in [9.17, 15) is 4.79 Å². The second-order valence-corrected chi connectivity index (χ2v) is 6.84. The summed E-state index contributed by atoms with van der Waals surface area (Å²) in [4.78, 5) is 16.0. The summed E-state index contributed by atoms with van der Waals surface area (Å²) in [6.45, 7) is 6.29. The van der Waals surface area contributed by atoms with Gasteiger partial charge in [-0.05, 0) is 23.5 Å². The first-order valence-electron chi connectivity index (χ1n) is 6.80. The average molecular weight is 296 g/mol. The topological polar surface area (TPSA) is 62.2 Å². The second kappa shape index (κ2) is 8.27. The molecule has 0 bridgehead atoms. The monoisotopic (exact) mass is 296 g/mol. The number of carbonyl (C=O) groups is 1. The third-order valence-corrected chi connectivity index (χ3v) is 4.03. The zero-order valence-electron chi connectivity index (χ0n) is 12.4. The number of nitrogens with one attached hydrogen (secondary N) is 1. The molecule has 0 aromatic carbocycles. The number of aromatic nitrogens is 1. The van der Waals surface area contributed by atoms with E-state index in [0.29, 0.717) is 12.2 Å². The molecule has 0 radical (unpaired) electrons. The molecule has 0 aliphatic heterocycles. The maximum absolute atomic E-state index is 11.9. The maximum Gasteiger partial charge on any atom is 0.230 e. The Balaban J connectivity index is 2.35. The summed E-state index contributed by atoms with van der Waals surface area (Å²) >= 11 is 1.57.